The third-order valence-electron chi connectivity index (χ3n) is 6.63. The minimum atomic E-state index is -5.06. The summed E-state index contributed by atoms with van der Waals surface area (Å²) < 4.78 is 85.3. The molecular weight excluding hydrogens is 430 g/mol. The molecule has 0 radical (unpaired) electrons. The fourth-order valence-corrected chi connectivity index (χ4v) is 5.25. The summed E-state index contributed by atoms with van der Waals surface area (Å²) in [5.41, 5.74) is 0.529. The first-order valence-electron chi connectivity index (χ1n) is 10.9. The molecule has 0 N–H and O–H groups in total. The first-order chi connectivity index (χ1) is 15.2. The van der Waals surface area contributed by atoms with E-state index in [2.05, 4.69) is 23.8 Å². The monoisotopic (exact) mass is 454 g/mol. The van der Waals surface area contributed by atoms with Crippen LogP contribution in [0.4, 0.5) is 26.3 Å². The number of halogens is 6. The molecule has 2 aliphatic rings. The van der Waals surface area contributed by atoms with Crippen molar-refractivity contribution in [1.82, 2.24) is 0 Å². The minimum Gasteiger partial charge on any atom is -0.403 e. The highest BCUT2D eigenvalue weighted by molar-refractivity contribution is 5.68. The quantitative estimate of drug-likeness (QED) is 0.335. The van der Waals surface area contributed by atoms with Gasteiger partial charge in [0.1, 0.15) is 11.6 Å². The van der Waals surface area contributed by atoms with Crippen molar-refractivity contribution in [1.29, 1.82) is 0 Å². The first-order valence-corrected chi connectivity index (χ1v) is 10.9. The largest absolute Gasteiger partial charge is 0.573 e. The van der Waals surface area contributed by atoms with Crippen LogP contribution in [0.1, 0.15) is 56.1 Å². The standard InChI is InChI=1S/C25H24F6O/c1-2-3-4-14-5-8-17-15(11-14)6-9-18-19(17)13-21(27)23(24(18)28)16-7-10-22(20(26)12-16)32-25(29,30)31/h3-4,7,10,12-15,17H,2,5-6,8-9,11H2,1H3/b4-3+. The van der Waals surface area contributed by atoms with Crippen LogP contribution >= 0.6 is 0 Å². The van der Waals surface area contributed by atoms with Gasteiger partial charge < -0.3 is 4.74 Å². The lowest BCUT2D eigenvalue weighted by Gasteiger charge is -2.40. The number of allylic oxidation sites excluding steroid dienone is 2. The molecule has 0 saturated heterocycles. The van der Waals surface area contributed by atoms with E-state index in [1.807, 2.05) is 0 Å². The fraction of sp³-hybridized carbons (Fsp3) is 0.440. The number of alkyl halides is 3. The number of rotatable bonds is 4. The van der Waals surface area contributed by atoms with Crippen LogP contribution in [0.5, 0.6) is 5.75 Å². The van der Waals surface area contributed by atoms with Gasteiger partial charge in [-0.3, -0.25) is 0 Å². The van der Waals surface area contributed by atoms with Crippen LogP contribution in [0, 0.1) is 29.3 Å². The smallest absolute Gasteiger partial charge is 0.403 e. The highest BCUT2D eigenvalue weighted by atomic mass is 19.4. The molecular formula is C25H24F6O. The Labute approximate surface area is 183 Å². The van der Waals surface area contributed by atoms with Gasteiger partial charge in [-0.1, -0.05) is 25.1 Å². The molecule has 2 aromatic carbocycles. The molecule has 4 rings (SSSR count). The molecule has 1 saturated carbocycles. The summed E-state index contributed by atoms with van der Waals surface area (Å²) >= 11 is 0. The number of hydrogen-bond acceptors (Lipinski definition) is 1. The lowest BCUT2D eigenvalue weighted by atomic mass is 9.65. The van der Waals surface area contributed by atoms with Crippen molar-refractivity contribution < 1.29 is 31.1 Å². The molecule has 1 nitrogen and oxygen atoms in total. The summed E-state index contributed by atoms with van der Waals surface area (Å²) in [4.78, 5) is 0. The molecule has 32 heavy (non-hydrogen) atoms. The van der Waals surface area contributed by atoms with Gasteiger partial charge >= 0.3 is 6.36 Å². The highest BCUT2D eigenvalue weighted by Gasteiger charge is 2.37. The van der Waals surface area contributed by atoms with Gasteiger partial charge in [0.05, 0.1) is 5.56 Å². The highest BCUT2D eigenvalue weighted by Crippen LogP contribution is 2.49. The zero-order valence-corrected chi connectivity index (χ0v) is 17.6. The fourth-order valence-electron chi connectivity index (χ4n) is 5.25. The van der Waals surface area contributed by atoms with E-state index in [1.165, 1.54) is 6.07 Å². The molecule has 2 aliphatic carbocycles. The Morgan fingerprint density at radius 3 is 2.50 bits per heavy atom. The Kier molecular flexibility index (Phi) is 6.28. The third-order valence-corrected chi connectivity index (χ3v) is 6.63. The van der Waals surface area contributed by atoms with Crippen molar-refractivity contribution in [3.05, 3.63) is 65.0 Å². The van der Waals surface area contributed by atoms with Crippen molar-refractivity contribution in [2.24, 2.45) is 11.8 Å². The van der Waals surface area contributed by atoms with Crippen LogP contribution in [0.25, 0.3) is 11.1 Å². The summed E-state index contributed by atoms with van der Waals surface area (Å²) in [7, 11) is 0. The van der Waals surface area contributed by atoms with E-state index in [9.17, 15) is 17.6 Å². The topological polar surface area (TPSA) is 9.23 Å². The van der Waals surface area contributed by atoms with Crippen molar-refractivity contribution in [3.8, 4) is 16.9 Å². The Morgan fingerprint density at radius 1 is 1.03 bits per heavy atom. The molecule has 0 spiro atoms. The van der Waals surface area contributed by atoms with Gasteiger partial charge in [0.15, 0.2) is 11.6 Å². The van der Waals surface area contributed by atoms with Crippen LogP contribution < -0.4 is 4.74 Å². The van der Waals surface area contributed by atoms with Gasteiger partial charge in [0, 0.05) is 0 Å². The molecule has 0 amide bonds. The maximum absolute atomic E-state index is 15.4. The maximum Gasteiger partial charge on any atom is 0.573 e. The van der Waals surface area contributed by atoms with E-state index >= 15 is 8.78 Å². The molecule has 0 bridgehead atoms. The van der Waals surface area contributed by atoms with Crippen molar-refractivity contribution in [2.45, 2.75) is 57.7 Å². The Hall–Kier alpha value is -2.44. The summed E-state index contributed by atoms with van der Waals surface area (Å²) in [5, 5.41) is 0. The van der Waals surface area contributed by atoms with E-state index in [-0.39, 0.29) is 11.5 Å². The molecule has 3 atom stereocenters. The average molecular weight is 454 g/mol. The summed E-state index contributed by atoms with van der Waals surface area (Å²) in [6.45, 7) is 2.09. The zero-order chi connectivity index (χ0) is 23.0. The summed E-state index contributed by atoms with van der Waals surface area (Å²) in [5.74, 6) is -3.03. The van der Waals surface area contributed by atoms with E-state index < -0.39 is 35.1 Å². The molecule has 172 valence electrons. The van der Waals surface area contributed by atoms with Crippen molar-refractivity contribution in [2.75, 3.05) is 0 Å². The number of fused-ring (bicyclic) bond motifs is 3. The Morgan fingerprint density at radius 2 is 1.81 bits per heavy atom. The molecule has 0 aromatic heterocycles. The predicted molar refractivity (Wildman–Crippen MR) is 110 cm³/mol. The second-order valence-corrected chi connectivity index (χ2v) is 8.62. The normalized spacial score (nSPS) is 23.2. The molecule has 0 aliphatic heterocycles. The summed E-state index contributed by atoms with van der Waals surface area (Å²) in [6.07, 6.45) is 4.40. The Balaban J connectivity index is 1.65. The third kappa shape index (κ3) is 4.52. The summed E-state index contributed by atoms with van der Waals surface area (Å²) in [6, 6.07) is 3.78. The van der Waals surface area contributed by atoms with E-state index in [0.717, 1.165) is 44.2 Å². The molecule has 7 heteroatoms. The first kappa shape index (κ1) is 22.7. The average Bonchev–Trinajstić information content (AvgIpc) is 2.73. The second kappa shape index (κ2) is 8.83. The van der Waals surface area contributed by atoms with Gasteiger partial charge in [0.2, 0.25) is 0 Å². The van der Waals surface area contributed by atoms with Gasteiger partial charge in [-0.2, -0.15) is 0 Å². The number of benzene rings is 2. The van der Waals surface area contributed by atoms with Gasteiger partial charge in [-0.25, -0.2) is 13.2 Å². The van der Waals surface area contributed by atoms with Crippen LogP contribution in [-0.2, 0) is 6.42 Å². The van der Waals surface area contributed by atoms with Crippen LogP contribution in [0.3, 0.4) is 0 Å². The molecule has 2 aromatic rings. The number of hydrogen-bond donors (Lipinski definition) is 0. The van der Waals surface area contributed by atoms with Gasteiger partial charge in [-0.15, -0.1) is 13.2 Å². The van der Waals surface area contributed by atoms with Crippen LogP contribution in [0.15, 0.2) is 36.4 Å². The van der Waals surface area contributed by atoms with Crippen LogP contribution in [-0.4, -0.2) is 6.36 Å². The molecule has 0 heterocycles. The van der Waals surface area contributed by atoms with E-state index in [1.54, 1.807) is 0 Å². The minimum absolute atomic E-state index is 0.0855. The maximum atomic E-state index is 15.4. The SMILES string of the molecule is CC/C=C/C1CCC2c3cc(F)c(-c4ccc(OC(F)(F)F)c(F)c4)c(F)c3CCC2C1. The molecule has 1 fully saturated rings. The van der Waals surface area contributed by atoms with Crippen LogP contribution in [0.2, 0.25) is 0 Å². The van der Waals surface area contributed by atoms with E-state index in [4.69, 9.17) is 0 Å². The zero-order valence-electron chi connectivity index (χ0n) is 17.6. The second-order valence-electron chi connectivity index (χ2n) is 8.62. The molecule has 3 unspecified atom stereocenters. The van der Waals surface area contributed by atoms with Gasteiger partial charge in [0.25, 0.3) is 0 Å². The van der Waals surface area contributed by atoms with Crippen molar-refractivity contribution in [3.63, 3.8) is 0 Å². The van der Waals surface area contributed by atoms with Gasteiger partial charge in [-0.05, 0) is 91.2 Å². The number of ether oxygens (including phenoxy) is 1. The lowest BCUT2D eigenvalue weighted by molar-refractivity contribution is -0.275. The predicted octanol–water partition coefficient (Wildman–Crippen LogP) is 8.08. The lowest BCUT2D eigenvalue weighted by Crippen LogP contribution is -2.28. The van der Waals surface area contributed by atoms with Crippen molar-refractivity contribution >= 4 is 0 Å². The van der Waals surface area contributed by atoms with E-state index in [0.29, 0.717) is 35.4 Å². The Bertz CT molecular complexity index is 1030.